The molecule has 1 aliphatic carbocycles. The minimum Gasteiger partial charge on any atom is -0.387 e. The zero-order valence-corrected chi connectivity index (χ0v) is 12.2. The minimum absolute atomic E-state index is 0.282. The van der Waals surface area contributed by atoms with Crippen LogP contribution in [0.15, 0.2) is 29.2 Å². The Bertz CT molecular complexity index is 524. The minimum atomic E-state index is -3.17. The second kappa shape index (κ2) is 5.61. The highest BCUT2D eigenvalue weighted by molar-refractivity contribution is 7.90. The van der Waals surface area contributed by atoms with Crippen LogP contribution in [0, 0.1) is 5.92 Å². The van der Waals surface area contributed by atoms with Crippen molar-refractivity contribution in [2.45, 2.75) is 36.8 Å². The van der Waals surface area contributed by atoms with E-state index in [0.29, 0.717) is 12.6 Å². The highest BCUT2D eigenvalue weighted by Gasteiger charge is 2.34. The number of sulfone groups is 1. The van der Waals surface area contributed by atoms with Gasteiger partial charge in [-0.3, -0.25) is 0 Å². The van der Waals surface area contributed by atoms with Gasteiger partial charge in [-0.15, -0.1) is 0 Å². The Labute approximate surface area is 114 Å². The van der Waals surface area contributed by atoms with Crippen LogP contribution in [0.1, 0.15) is 31.4 Å². The van der Waals surface area contributed by atoms with Crippen LogP contribution in [-0.2, 0) is 9.84 Å². The number of nitrogens with one attached hydrogen (secondary N) is 1. The number of hydrogen-bond acceptors (Lipinski definition) is 4. The summed E-state index contributed by atoms with van der Waals surface area (Å²) in [5, 5.41) is 13.4. The highest BCUT2D eigenvalue weighted by atomic mass is 32.2. The third-order valence-electron chi connectivity index (χ3n) is 3.71. The van der Waals surface area contributed by atoms with Crippen molar-refractivity contribution in [1.82, 2.24) is 5.32 Å². The largest absolute Gasteiger partial charge is 0.387 e. The van der Waals surface area contributed by atoms with Crippen LogP contribution in [0.2, 0.25) is 0 Å². The first-order valence-electron chi connectivity index (χ1n) is 6.63. The van der Waals surface area contributed by atoms with Crippen LogP contribution < -0.4 is 5.32 Å². The molecule has 1 saturated carbocycles. The summed E-state index contributed by atoms with van der Waals surface area (Å²) in [5.41, 5.74) is 0.744. The van der Waals surface area contributed by atoms with E-state index in [1.54, 1.807) is 24.3 Å². The first kappa shape index (κ1) is 14.5. The van der Waals surface area contributed by atoms with Gasteiger partial charge in [0.15, 0.2) is 9.84 Å². The molecule has 1 aromatic rings. The molecule has 0 saturated heterocycles. The van der Waals surface area contributed by atoms with Crippen LogP contribution in [0.5, 0.6) is 0 Å². The van der Waals surface area contributed by atoms with E-state index in [9.17, 15) is 13.5 Å². The number of aliphatic hydroxyl groups excluding tert-OH is 1. The van der Waals surface area contributed by atoms with Gasteiger partial charge in [0.25, 0.3) is 0 Å². The summed E-state index contributed by atoms with van der Waals surface area (Å²) in [6.45, 7) is 2.69. The summed E-state index contributed by atoms with van der Waals surface area (Å²) in [6.07, 6.45) is 2.96. The van der Waals surface area contributed by atoms with Crippen molar-refractivity contribution in [3.8, 4) is 0 Å². The topological polar surface area (TPSA) is 66.4 Å². The van der Waals surface area contributed by atoms with Gasteiger partial charge in [0.2, 0.25) is 0 Å². The lowest BCUT2D eigenvalue weighted by molar-refractivity contribution is 0.173. The van der Waals surface area contributed by atoms with E-state index >= 15 is 0 Å². The average molecular weight is 283 g/mol. The van der Waals surface area contributed by atoms with Crippen LogP contribution in [0.25, 0.3) is 0 Å². The molecule has 0 aromatic heterocycles. The van der Waals surface area contributed by atoms with E-state index in [-0.39, 0.29) is 4.90 Å². The standard InChI is InChI=1S/C14H21NO3S/c1-3-10-8-13(10)15-9-14(16)11-4-6-12(7-5-11)19(2,17)18/h4-7,10,13-16H,3,8-9H2,1-2H3. The Kier molecular flexibility index (Phi) is 4.28. The Morgan fingerprint density at radius 1 is 1.37 bits per heavy atom. The Balaban J connectivity index is 1.91. The zero-order valence-electron chi connectivity index (χ0n) is 11.3. The maximum absolute atomic E-state index is 11.3. The van der Waals surface area contributed by atoms with E-state index in [2.05, 4.69) is 12.2 Å². The Morgan fingerprint density at radius 3 is 2.47 bits per heavy atom. The van der Waals surface area contributed by atoms with Gasteiger partial charge in [-0.1, -0.05) is 25.5 Å². The van der Waals surface area contributed by atoms with Gasteiger partial charge < -0.3 is 10.4 Å². The molecule has 0 radical (unpaired) electrons. The smallest absolute Gasteiger partial charge is 0.175 e. The van der Waals surface area contributed by atoms with Crippen molar-refractivity contribution in [2.24, 2.45) is 5.92 Å². The maximum Gasteiger partial charge on any atom is 0.175 e. The van der Waals surface area contributed by atoms with E-state index < -0.39 is 15.9 Å². The van der Waals surface area contributed by atoms with Gasteiger partial charge in [-0.25, -0.2) is 8.42 Å². The molecule has 0 bridgehead atoms. The Hall–Kier alpha value is -0.910. The van der Waals surface area contributed by atoms with Crippen molar-refractivity contribution in [1.29, 1.82) is 0 Å². The van der Waals surface area contributed by atoms with Gasteiger partial charge in [0, 0.05) is 18.8 Å². The van der Waals surface area contributed by atoms with Crippen LogP contribution >= 0.6 is 0 Å². The summed E-state index contributed by atoms with van der Waals surface area (Å²) >= 11 is 0. The van der Waals surface area contributed by atoms with Crippen LogP contribution in [-0.4, -0.2) is 32.4 Å². The number of rotatable bonds is 6. The van der Waals surface area contributed by atoms with Crippen LogP contribution in [0.4, 0.5) is 0 Å². The van der Waals surface area contributed by atoms with Gasteiger partial charge in [0.1, 0.15) is 0 Å². The molecule has 4 nitrogen and oxygen atoms in total. The van der Waals surface area contributed by atoms with Crippen molar-refractivity contribution < 1.29 is 13.5 Å². The van der Waals surface area contributed by atoms with E-state index in [1.807, 2.05) is 0 Å². The van der Waals surface area contributed by atoms with Gasteiger partial charge >= 0.3 is 0 Å². The lowest BCUT2D eigenvalue weighted by atomic mass is 10.1. The molecule has 5 heteroatoms. The van der Waals surface area contributed by atoms with Crippen molar-refractivity contribution in [3.05, 3.63) is 29.8 Å². The molecule has 0 aliphatic heterocycles. The van der Waals surface area contributed by atoms with E-state index in [4.69, 9.17) is 0 Å². The molecule has 3 unspecified atom stereocenters. The molecule has 3 atom stereocenters. The highest BCUT2D eigenvalue weighted by Crippen LogP contribution is 2.33. The second-order valence-corrected chi connectivity index (χ2v) is 7.29. The monoisotopic (exact) mass is 283 g/mol. The van der Waals surface area contributed by atoms with Crippen molar-refractivity contribution in [3.63, 3.8) is 0 Å². The fourth-order valence-electron chi connectivity index (χ4n) is 2.27. The summed E-state index contributed by atoms with van der Waals surface area (Å²) in [6, 6.07) is 6.97. The molecule has 1 aromatic carbocycles. The number of aliphatic hydroxyl groups is 1. The molecular weight excluding hydrogens is 262 g/mol. The van der Waals surface area contributed by atoms with Gasteiger partial charge in [0.05, 0.1) is 11.0 Å². The summed E-state index contributed by atoms with van der Waals surface area (Å²) in [4.78, 5) is 0.282. The first-order chi connectivity index (χ1) is 8.91. The molecule has 19 heavy (non-hydrogen) atoms. The van der Waals surface area contributed by atoms with E-state index in [1.165, 1.54) is 19.1 Å². The number of hydrogen-bond donors (Lipinski definition) is 2. The molecule has 0 amide bonds. The molecular formula is C14H21NO3S. The fraction of sp³-hybridized carbons (Fsp3) is 0.571. The second-order valence-electron chi connectivity index (χ2n) is 5.28. The third-order valence-corrected chi connectivity index (χ3v) is 4.84. The fourth-order valence-corrected chi connectivity index (χ4v) is 2.90. The summed E-state index contributed by atoms with van der Waals surface area (Å²) in [5.74, 6) is 0.750. The van der Waals surface area contributed by atoms with Crippen molar-refractivity contribution in [2.75, 3.05) is 12.8 Å². The van der Waals surface area contributed by atoms with Gasteiger partial charge in [-0.2, -0.15) is 0 Å². The first-order valence-corrected chi connectivity index (χ1v) is 8.52. The third kappa shape index (κ3) is 3.78. The van der Waals surface area contributed by atoms with Gasteiger partial charge in [-0.05, 0) is 30.0 Å². The van der Waals surface area contributed by atoms with E-state index in [0.717, 1.165) is 11.5 Å². The normalized spacial score (nSPS) is 24.2. The number of benzene rings is 1. The molecule has 2 rings (SSSR count). The molecule has 0 heterocycles. The zero-order chi connectivity index (χ0) is 14.0. The average Bonchev–Trinajstić information content (AvgIpc) is 3.14. The molecule has 1 fully saturated rings. The SMILES string of the molecule is CCC1CC1NCC(O)c1ccc(S(C)(=O)=O)cc1. The lowest BCUT2D eigenvalue weighted by Gasteiger charge is -2.12. The van der Waals surface area contributed by atoms with Crippen molar-refractivity contribution >= 4 is 9.84 Å². The lowest BCUT2D eigenvalue weighted by Crippen LogP contribution is -2.24. The molecule has 0 spiro atoms. The molecule has 106 valence electrons. The summed E-state index contributed by atoms with van der Waals surface area (Å²) < 4.78 is 22.7. The predicted molar refractivity (Wildman–Crippen MR) is 74.7 cm³/mol. The molecule has 1 aliphatic rings. The molecule has 2 N–H and O–H groups in total. The summed E-state index contributed by atoms with van der Waals surface area (Å²) in [7, 11) is -3.17. The van der Waals surface area contributed by atoms with Crippen LogP contribution in [0.3, 0.4) is 0 Å². The maximum atomic E-state index is 11.3. The quantitative estimate of drug-likeness (QED) is 0.830. The Morgan fingerprint density at radius 2 is 2.00 bits per heavy atom. The predicted octanol–water partition coefficient (Wildman–Crippen LogP) is 1.51.